The van der Waals surface area contributed by atoms with Crippen molar-refractivity contribution in [2.24, 2.45) is 5.92 Å². The molecule has 0 bridgehead atoms. The number of aryl methyl sites for hydroxylation is 1. The van der Waals surface area contributed by atoms with Gasteiger partial charge in [-0.05, 0) is 43.7 Å². The topological polar surface area (TPSA) is 17.1 Å². The number of hydrogen-bond donors (Lipinski definition) is 0. The lowest BCUT2D eigenvalue weighted by Crippen LogP contribution is -2.07. The molecule has 0 spiro atoms. The molecule has 1 saturated carbocycles. The molecule has 0 N–H and O–H groups in total. The molecular formula is C14H20OS. The Kier molecular flexibility index (Phi) is 4.16. The molecule has 1 heterocycles. The van der Waals surface area contributed by atoms with Gasteiger partial charge in [0.1, 0.15) is 5.78 Å². The highest BCUT2D eigenvalue weighted by molar-refractivity contribution is 7.11. The van der Waals surface area contributed by atoms with E-state index < -0.39 is 0 Å². The maximum Gasteiger partial charge on any atom is 0.133 e. The molecule has 88 valence electrons. The fourth-order valence-corrected chi connectivity index (χ4v) is 3.53. The van der Waals surface area contributed by atoms with Gasteiger partial charge in [0.2, 0.25) is 0 Å². The summed E-state index contributed by atoms with van der Waals surface area (Å²) >= 11 is 1.92. The van der Waals surface area contributed by atoms with Crippen LogP contribution >= 0.6 is 11.3 Å². The zero-order valence-corrected chi connectivity index (χ0v) is 10.8. The first-order valence-electron chi connectivity index (χ1n) is 6.37. The van der Waals surface area contributed by atoms with Gasteiger partial charge in [-0.15, -0.1) is 11.3 Å². The first-order chi connectivity index (χ1) is 7.78. The molecule has 0 amide bonds. The summed E-state index contributed by atoms with van der Waals surface area (Å²) in [7, 11) is 0. The van der Waals surface area contributed by atoms with Gasteiger partial charge < -0.3 is 0 Å². The van der Waals surface area contributed by atoms with Crippen molar-refractivity contribution in [1.29, 1.82) is 0 Å². The lowest BCUT2D eigenvalue weighted by atomic mass is 9.95. The van der Waals surface area contributed by atoms with Crippen LogP contribution in [0.15, 0.2) is 12.1 Å². The van der Waals surface area contributed by atoms with E-state index in [1.165, 1.54) is 22.6 Å². The predicted octanol–water partition coefficient (Wildman–Crippen LogP) is 4.00. The smallest absolute Gasteiger partial charge is 0.133 e. The molecule has 2 heteroatoms. The van der Waals surface area contributed by atoms with Gasteiger partial charge in [0.15, 0.2) is 0 Å². The molecular weight excluding hydrogens is 216 g/mol. The van der Waals surface area contributed by atoms with E-state index in [1.807, 2.05) is 11.3 Å². The summed E-state index contributed by atoms with van der Waals surface area (Å²) in [5.41, 5.74) is 0. The maximum absolute atomic E-state index is 11.5. The molecule has 1 aliphatic carbocycles. The largest absolute Gasteiger partial charge is 0.300 e. The summed E-state index contributed by atoms with van der Waals surface area (Å²) in [5, 5.41) is 0. The van der Waals surface area contributed by atoms with Gasteiger partial charge in [-0.1, -0.05) is 13.3 Å². The lowest BCUT2D eigenvalue weighted by Gasteiger charge is -2.11. The average molecular weight is 236 g/mol. The van der Waals surface area contributed by atoms with Gasteiger partial charge in [-0.3, -0.25) is 4.79 Å². The third-order valence-electron chi connectivity index (χ3n) is 3.39. The number of Topliss-reactive ketones (excluding diaryl/α,β-unsaturated/α-hetero) is 1. The van der Waals surface area contributed by atoms with Crippen LogP contribution < -0.4 is 0 Å². The molecule has 1 fully saturated rings. The van der Waals surface area contributed by atoms with E-state index in [1.54, 1.807) is 0 Å². The summed E-state index contributed by atoms with van der Waals surface area (Å²) in [5.74, 6) is 1.09. The Morgan fingerprint density at radius 2 is 2.12 bits per heavy atom. The van der Waals surface area contributed by atoms with Crippen LogP contribution in [-0.4, -0.2) is 5.78 Å². The van der Waals surface area contributed by atoms with Crippen LogP contribution in [0, 0.1) is 5.92 Å². The van der Waals surface area contributed by atoms with Crippen molar-refractivity contribution in [2.45, 2.75) is 51.9 Å². The molecule has 1 atom stereocenters. The molecule has 1 aromatic heterocycles. The van der Waals surface area contributed by atoms with Crippen molar-refractivity contribution in [3.63, 3.8) is 0 Å². The Morgan fingerprint density at radius 3 is 2.88 bits per heavy atom. The second kappa shape index (κ2) is 5.62. The van der Waals surface area contributed by atoms with Crippen LogP contribution in [0.2, 0.25) is 0 Å². The first-order valence-corrected chi connectivity index (χ1v) is 7.19. The quantitative estimate of drug-likeness (QED) is 0.725. The molecule has 1 aromatic rings. The van der Waals surface area contributed by atoms with Crippen LogP contribution in [0.5, 0.6) is 0 Å². The lowest BCUT2D eigenvalue weighted by molar-refractivity contribution is -0.119. The van der Waals surface area contributed by atoms with Crippen molar-refractivity contribution < 1.29 is 4.79 Å². The van der Waals surface area contributed by atoms with E-state index in [9.17, 15) is 4.79 Å². The second-order valence-corrected chi connectivity index (χ2v) is 6.03. The molecule has 0 aromatic carbocycles. The van der Waals surface area contributed by atoms with Crippen LogP contribution in [0.3, 0.4) is 0 Å². The Bertz CT molecular complexity index is 353. The number of thiophene rings is 1. The van der Waals surface area contributed by atoms with Crippen LogP contribution in [0.1, 0.15) is 48.8 Å². The monoisotopic (exact) mass is 236 g/mol. The third-order valence-corrected chi connectivity index (χ3v) is 4.64. The van der Waals surface area contributed by atoms with E-state index in [4.69, 9.17) is 0 Å². The van der Waals surface area contributed by atoms with E-state index in [0.717, 1.165) is 32.1 Å². The minimum Gasteiger partial charge on any atom is -0.300 e. The van der Waals surface area contributed by atoms with Crippen LogP contribution in [0.25, 0.3) is 0 Å². The highest BCUT2D eigenvalue weighted by Crippen LogP contribution is 2.27. The Labute approximate surface area is 102 Å². The fourth-order valence-electron chi connectivity index (χ4n) is 2.46. The van der Waals surface area contributed by atoms with Crippen molar-refractivity contribution in [3.05, 3.63) is 21.9 Å². The third kappa shape index (κ3) is 3.18. The van der Waals surface area contributed by atoms with E-state index >= 15 is 0 Å². The minimum atomic E-state index is 0.481. The maximum atomic E-state index is 11.5. The number of carbonyl (C=O) groups is 1. The van der Waals surface area contributed by atoms with Gasteiger partial charge in [-0.2, -0.15) is 0 Å². The van der Waals surface area contributed by atoms with Crippen molar-refractivity contribution >= 4 is 17.1 Å². The van der Waals surface area contributed by atoms with Crippen LogP contribution in [-0.2, 0) is 17.6 Å². The molecule has 2 rings (SSSR count). The number of hydrogen-bond acceptors (Lipinski definition) is 2. The van der Waals surface area contributed by atoms with Gasteiger partial charge in [0, 0.05) is 22.6 Å². The summed E-state index contributed by atoms with van der Waals surface area (Å²) in [6.45, 7) is 2.20. The van der Waals surface area contributed by atoms with Crippen molar-refractivity contribution in [2.75, 3.05) is 0 Å². The molecule has 0 radical (unpaired) electrons. The fraction of sp³-hybridized carbons (Fsp3) is 0.643. The van der Waals surface area contributed by atoms with Gasteiger partial charge in [-0.25, -0.2) is 0 Å². The first kappa shape index (κ1) is 11.8. The Morgan fingerprint density at radius 1 is 1.31 bits per heavy atom. The molecule has 1 unspecified atom stereocenters. The molecule has 1 nitrogen and oxygen atoms in total. The highest BCUT2D eigenvalue weighted by atomic mass is 32.1. The van der Waals surface area contributed by atoms with E-state index in [0.29, 0.717) is 11.7 Å². The van der Waals surface area contributed by atoms with E-state index in [-0.39, 0.29) is 0 Å². The molecule has 16 heavy (non-hydrogen) atoms. The average Bonchev–Trinajstić information content (AvgIpc) is 2.62. The zero-order chi connectivity index (χ0) is 11.4. The summed E-state index contributed by atoms with van der Waals surface area (Å²) in [6.07, 6.45) is 7.48. The molecule has 0 saturated heterocycles. The summed E-state index contributed by atoms with van der Waals surface area (Å²) in [6, 6.07) is 4.48. The molecule has 1 aliphatic rings. The number of rotatable bonds is 3. The minimum absolute atomic E-state index is 0.481. The predicted molar refractivity (Wildman–Crippen MR) is 69.0 cm³/mol. The van der Waals surface area contributed by atoms with Gasteiger partial charge in [0.25, 0.3) is 0 Å². The number of ketones is 1. The summed E-state index contributed by atoms with van der Waals surface area (Å²) < 4.78 is 0. The summed E-state index contributed by atoms with van der Waals surface area (Å²) in [4.78, 5) is 14.5. The van der Waals surface area contributed by atoms with Crippen molar-refractivity contribution in [3.8, 4) is 0 Å². The van der Waals surface area contributed by atoms with Crippen molar-refractivity contribution in [1.82, 2.24) is 0 Å². The SMILES string of the molecule is CCc1ccc(CC2CCCCC(=O)C2)s1. The Hall–Kier alpha value is -0.630. The molecule has 0 aliphatic heterocycles. The second-order valence-electron chi connectivity index (χ2n) is 4.78. The van der Waals surface area contributed by atoms with Gasteiger partial charge in [0.05, 0.1) is 0 Å². The number of carbonyl (C=O) groups excluding carboxylic acids is 1. The normalized spacial score (nSPS) is 22.1. The van der Waals surface area contributed by atoms with Gasteiger partial charge >= 0.3 is 0 Å². The highest BCUT2D eigenvalue weighted by Gasteiger charge is 2.18. The zero-order valence-electron chi connectivity index (χ0n) is 10.00. The Balaban J connectivity index is 1.94. The van der Waals surface area contributed by atoms with E-state index in [2.05, 4.69) is 19.1 Å². The van der Waals surface area contributed by atoms with Crippen LogP contribution in [0.4, 0.5) is 0 Å². The standard InChI is InChI=1S/C14H20OS/c1-2-13-7-8-14(16-13)10-11-5-3-4-6-12(15)9-11/h7-8,11H,2-6,9-10H2,1H3.